The Hall–Kier alpha value is -1.11. The summed E-state index contributed by atoms with van der Waals surface area (Å²) in [4.78, 5) is 12.2. The summed E-state index contributed by atoms with van der Waals surface area (Å²) in [6, 6.07) is 7.09. The highest BCUT2D eigenvalue weighted by Crippen LogP contribution is 2.26. The molecule has 1 atom stereocenters. The fraction of sp³-hybridized carbons (Fsp3) is 0.611. The number of anilines is 1. The van der Waals surface area contributed by atoms with Crippen LogP contribution in [0.5, 0.6) is 0 Å². The van der Waals surface area contributed by atoms with E-state index in [0.29, 0.717) is 5.69 Å². The van der Waals surface area contributed by atoms with Crippen molar-refractivity contribution in [3.05, 3.63) is 29.8 Å². The van der Waals surface area contributed by atoms with Crippen molar-refractivity contribution in [2.24, 2.45) is 0 Å². The quantitative estimate of drug-likeness (QED) is 0.815. The minimum absolute atomic E-state index is 0. The van der Waals surface area contributed by atoms with E-state index in [9.17, 15) is 13.2 Å². The smallest absolute Gasteiger partial charge is 0.241 e. The Labute approximate surface area is 156 Å². The lowest BCUT2D eigenvalue weighted by Crippen LogP contribution is -2.35. The number of carbonyl (C=O) groups is 1. The number of nitrogens with one attached hydrogen (secondary N) is 2. The Morgan fingerprint density at radius 3 is 2.56 bits per heavy atom. The molecule has 1 unspecified atom stereocenters. The van der Waals surface area contributed by atoms with Crippen LogP contribution < -0.4 is 10.6 Å². The highest BCUT2D eigenvalue weighted by atomic mass is 35.5. The molecule has 1 amide bonds. The van der Waals surface area contributed by atoms with E-state index in [1.54, 1.807) is 6.07 Å². The van der Waals surface area contributed by atoms with Crippen LogP contribution in [0.25, 0.3) is 0 Å². The zero-order valence-electron chi connectivity index (χ0n) is 14.4. The molecule has 25 heavy (non-hydrogen) atoms. The zero-order chi connectivity index (χ0) is 17.0. The van der Waals surface area contributed by atoms with Gasteiger partial charge >= 0.3 is 0 Å². The first-order valence-electron chi connectivity index (χ1n) is 8.89. The van der Waals surface area contributed by atoms with Gasteiger partial charge in [0.1, 0.15) is 0 Å². The summed E-state index contributed by atoms with van der Waals surface area (Å²) in [5.41, 5.74) is 1.42. The number of carbonyl (C=O) groups excluding carboxylic acids is 1. The van der Waals surface area contributed by atoms with E-state index in [1.165, 1.54) is 0 Å². The maximum absolute atomic E-state index is 12.6. The molecule has 0 aromatic heterocycles. The summed E-state index contributed by atoms with van der Waals surface area (Å²) in [6.07, 6.45) is 6.59. The molecule has 0 bridgehead atoms. The fourth-order valence-corrected chi connectivity index (χ4v) is 5.58. The maximum Gasteiger partial charge on any atom is 0.241 e. The number of hydrogen-bond acceptors (Lipinski definition) is 4. The molecule has 1 saturated carbocycles. The lowest BCUT2D eigenvalue weighted by atomic mass is 10.0. The number of amides is 1. The number of benzene rings is 1. The zero-order valence-corrected chi connectivity index (χ0v) is 16.0. The molecule has 140 valence electrons. The Bertz CT molecular complexity index is 681. The first-order valence-corrected chi connectivity index (χ1v) is 10.6. The van der Waals surface area contributed by atoms with Crippen molar-refractivity contribution in [2.75, 3.05) is 11.9 Å². The van der Waals surface area contributed by atoms with Gasteiger partial charge in [0.2, 0.25) is 5.91 Å². The number of rotatable bonds is 5. The Morgan fingerprint density at radius 2 is 1.88 bits per heavy atom. The van der Waals surface area contributed by atoms with Crippen LogP contribution in [0.1, 0.15) is 50.5 Å². The first kappa shape index (κ1) is 20.2. The molecule has 0 radical (unpaired) electrons. The molecule has 2 N–H and O–H groups in total. The van der Waals surface area contributed by atoms with E-state index in [4.69, 9.17) is 0 Å². The van der Waals surface area contributed by atoms with Crippen molar-refractivity contribution in [2.45, 2.75) is 62.0 Å². The van der Waals surface area contributed by atoms with Crippen molar-refractivity contribution in [3.8, 4) is 0 Å². The van der Waals surface area contributed by atoms with Crippen LogP contribution in [0.2, 0.25) is 0 Å². The van der Waals surface area contributed by atoms with Gasteiger partial charge in [-0.2, -0.15) is 0 Å². The predicted octanol–water partition coefficient (Wildman–Crippen LogP) is 3.05. The summed E-state index contributed by atoms with van der Waals surface area (Å²) in [6.45, 7) is 0.873. The van der Waals surface area contributed by atoms with Gasteiger partial charge in [0.25, 0.3) is 0 Å². The summed E-state index contributed by atoms with van der Waals surface area (Å²) in [5.74, 6) is 0.0167. The molecular weight excluding hydrogens is 360 g/mol. The molecule has 7 heteroatoms. The Morgan fingerprint density at radius 1 is 1.12 bits per heavy atom. The average Bonchev–Trinajstić information content (AvgIpc) is 3.10. The van der Waals surface area contributed by atoms with Crippen molar-refractivity contribution < 1.29 is 13.2 Å². The minimum atomic E-state index is -3.12. The van der Waals surface area contributed by atoms with Gasteiger partial charge in [-0.05, 0) is 49.9 Å². The second kappa shape index (κ2) is 9.01. The van der Waals surface area contributed by atoms with Gasteiger partial charge in [-0.3, -0.25) is 4.79 Å². The van der Waals surface area contributed by atoms with Crippen LogP contribution in [-0.2, 0) is 20.4 Å². The number of hydrogen-bond donors (Lipinski definition) is 2. The van der Waals surface area contributed by atoms with Crippen LogP contribution in [0.3, 0.4) is 0 Å². The van der Waals surface area contributed by atoms with E-state index in [1.807, 2.05) is 18.2 Å². The number of sulfone groups is 1. The third kappa shape index (κ3) is 5.43. The van der Waals surface area contributed by atoms with Gasteiger partial charge in [0.15, 0.2) is 9.84 Å². The van der Waals surface area contributed by atoms with Crippen molar-refractivity contribution >= 4 is 33.8 Å². The maximum atomic E-state index is 12.6. The second-order valence-electron chi connectivity index (χ2n) is 6.91. The molecule has 2 fully saturated rings. The highest BCUT2D eigenvalue weighted by Gasteiger charge is 2.27. The SMILES string of the molecule is Cl.O=C(Nc1cccc(CS(=O)(=O)C2CCCCC2)c1)C1CCCN1. The van der Waals surface area contributed by atoms with E-state index < -0.39 is 9.84 Å². The number of halogens is 1. The molecule has 0 spiro atoms. The lowest BCUT2D eigenvalue weighted by molar-refractivity contribution is -0.117. The molecular formula is C18H27ClN2O3S. The largest absolute Gasteiger partial charge is 0.325 e. The van der Waals surface area contributed by atoms with Crippen molar-refractivity contribution in [3.63, 3.8) is 0 Å². The average molecular weight is 387 g/mol. The first-order chi connectivity index (χ1) is 11.5. The van der Waals surface area contributed by atoms with Gasteiger partial charge in [0.05, 0.1) is 17.0 Å². The van der Waals surface area contributed by atoms with Crippen LogP contribution in [0.4, 0.5) is 5.69 Å². The van der Waals surface area contributed by atoms with Gasteiger partial charge in [-0.15, -0.1) is 12.4 Å². The van der Waals surface area contributed by atoms with Gasteiger partial charge in [-0.1, -0.05) is 31.4 Å². The van der Waals surface area contributed by atoms with E-state index in [2.05, 4.69) is 10.6 Å². The molecule has 1 aromatic carbocycles. The van der Waals surface area contributed by atoms with Gasteiger partial charge < -0.3 is 10.6 Å². The third-order valence-corrected chi connectivity index (χ3v) is 7.22. The Kier molecular flexibility index (Phi) is 7.28. The summed E-state index contributed by atoms with van der Waals surface area (Å²) in [5, 5.41) is 5.86. The molecule has 1 aromatic rings. The fourth-order valence-electron chi connectivity index (χ4n) is 3.65. The lowest BCUT2D eigenvalue weighted by Gasteiger charge is -2.21. The van der Waals surface area contributed by atoms with Crippen LogP contribution in [-0.4, -0.2) is 32.2 Å². The van der Waals surface area contributed by atoms with Crippen LogP contribution in [0, 0.1) is 0 Å². The normalized spacial score (nSPS) is 21.5. The monoisotopic (exact) mass is 386 g/mol. The molecule has 5 nitrogen and oxygen atoms in total. The third-order valence-electron chi connectivity index (χ3n) is 5.00. The molecule has 1 aliphatic carbocycles. The summed E-state index contributed by atoms with van der Waals surface area (Å²) >= 11 is 0. The molecule has 2 aliphatic rings. The topological polar surface area (TPSA) is 75.3 Å². The van der Waals surface area contributed by atoms with Crippen molar-refractivity contribution in [1.29, 1.82) is 0 Å². The molecule has 1 saturated heterocycles. The minimum Gasteiger partial charge on any atom is -0.325 e. The molecule has 3 rings (SSSR count). The van der Waals surface area contributed by atoms with E-state index >= 15 is 0 Å². The predicted molar refractivity (Wildman–Crippen MR) is 103 cm³/mol. The molecule has 1 heterocycles. The van der Waals surface area contributed by atoms with Crippen molar-refractivity contribution in [1.82, 2.24) is 5.32 Å². The van der Waals surface area contributed by atoms with Gasteiger partial charge in [-0.25, -0.2) is 8.42 Å². The summed E-state index contributed by atoms with van der Waals surface area (Å²) in [7, 11) is -3.12. The van der Waals surface area contributed by atoms with Crippen LogP contribution >= 0.6 is 12.4 Å². The van der Waals surface area contributed by atoms with Gasteiger partial charge in [0, 0.05) is 5.69 Å². The van der Waals surface area contributed by atoms with E-state index in [-0.39, 0.29) is 35.4 Å². The summed E-state index contributed by atoms with van der Waals surface area (Å²) < 4.78 is 25.2. The Balaban J connectivity index is 0.00000225. The van der Waals surface area contributed by atoms with Crippen LogP contribution in [0.15, 0.2) is 24.3 Å². The standard InChI is InChI=1S/C18H26N2O3S.ClH/c21-18(17-10-5-11-19-17)20-15-7-4-6-14(12-15)13-24(22,23)16-8-2-1-3-9-16;/h4,6-7,12,16-17,19H,1-3,5,8-11,13H2,(H,20,21);1H. The molecule has 1 aliphatic heterocycles. The highest BCUT2D eigenvalue weighted by molar-refractivity contribution is 7.91. The second-order valence-corrected chi connectivity index (χ2v) is 9.19. The van der Waals surface area contributed by atoms with E-state index in [0.717, 1.165) is 57.1 Å².